The molecule has 4 nitrogen and oxygen atoms in total. The molecule has 0 spiro atoms. The van der Waals surface area contributed by atoms with Crippen LogP contribution in [0.25, 0.3) is 0 Å². The number of hydrogen-bond acceptors (Lipinski definition) is 4. The zero-order chi connectivity index (χ0) is 16.0. The second-order valence-corrected chi connectivity index (χ2v) is 7.56. The molecule has 22 heavy (non-hydrogen) atoms. The van der Waals surface area contributed by atoms with Crippen LogP contribution in [0.1, 0.15) is 85.0 Å². The summed E-state index contributed by atoms with van der Waals surface area (Å²) >= 11 is 0. The quantitative estimate of drug-likeness (QED) is 0.259. The molecule has 0 aromatic carbocycles. The van der Waals surface area contributed by atoms with Crippen LogP contribution < -0.4 is 34.5 Å². The summed E-state index contributed by atoms with van der Waals surface area (Å²) in [7, 11) is -4.07. The van der Waals surface area contributed by atoms with Crippen molar-refractivity contribution >= 4 is 7.82 Å². The van der Waals surface area contributed by atoms with Gasteiger partial charge in [0.25, 0.3) is 7.82 Å². The Labute approximate surface area is 159 Å². The van der Waals surface area contributed by atoms with E-state index in [1.54, 1.807) is 0 Å². The molecular formula is C16H34NaO4P. The Hall–Kier alpha value is 1.11. The van der Waals surface area contributed by atoms with Crippen molar-refractivity contribution in [2.45, 2.75) is 85.0 Å². The second-order valence-electron chi connectivity index (χ2n) is 6.15. The van der Waals surface area contributed by atoms with Crippen molar-refractivity contribution in [2.75, 3.05) is 13.2 Å². The minimum absolute atomic E-state index is 0. The largest absolute Gasteiger partial charge is 1.00 e. The van der Waals surface area contributed by atoms with Gasteiger partial charge in [-0.3, -0.25) is 4.57 Å². The van der Waals surface area contributed by atoms with Crippen LogP contribution in [0.2, 0.25) is 0 Å². The summed E-state index contributed by atoms with van der Waals surface area (Å²) in [6.45, 7) is 6.48. The maximum atomic E-state index is 11.4. The molecule has 128 valence electrons. The van der Waals surface area contributed by atoms with Crippen molar-refractivity contribution in [3.05, 3.63) is 0 Å². The van der Waals surface area contributed by atoms with E-state index in [0.29, 0.717) is 0 Å². The van der Waals surface area contributed by atoms with Crippen molar-refractivity contribution in [2.24, 2.45) is 5.92 Å². The van der Waals surface area contributed by atoms with E-state index >= 15 is 0 Å². The van der Waals surface area contributed by atoms with Gasteiger partial charge in [0.05, 0.1) is 13.2 Å². The molecule has 0 fully saturated rings. The first-order chi connectivity index (χ1) is 9.98. The third-order valence-electron chi connectivity index (χ3n) is 3.31. The Kier molecular flexibility index (Phi) is 19.5. The molecule has 0 heterocycles. The van der Waals surface area contributed by atoms with E-state index in [9.17, 15) is 9.46 Å². The molecule has 1 atom stereocenters. The average molecular weight is 344 g/mol. The summed E-state index contributed by atoms with van der Waals surface area (Å²) in [5, 5.41) is 0. The summed E-state index contributed by atoms with van der Waals surface area (Å²) < 4.78 is 21.0. The van der Waals surface area contributed by atoms with Crippen molar-refractivity contribution in [1.29, 1.82) is 0 Å². The topological polar surface area (TPSA) is 58.6 Å². The minimum atomic E-state index is -4.07. The Balaban J connectivity index is 0. The van der Waals surface area contributed by atoms with Gasteiger partial charge in [-0.1, -0.05) is 78.6 Å². The molecule has 0 aliphatic rings. The van der Waals surface area contributed by atoms with E-state index in [0.717, 1.165) is 19.3 Å². The van der Waals surface area contributed by atoms with Crippen LogP contribution in [-0.2, 0) is 13.6 Å². The van der Waals surface area contributed by atoms with Gasteiger partial charge in [-0.05, 0) is 12.3 Å². The maximum Gasteiger partial charge on any atom is 1.00 e. The monoisotopic (exact) mass is 344 g/mol. The Morgan fingerprint density at radius 3 is 1.77 bits per heavy atom. The van der Waals surface area contributed by atoms with Gasteiger partial charge in [0.15, 0.2) is 0 Å². The maximum absolute atomic E-state index is 11.4. The van der Waals surface area contributed by atoms with Crippen LogP contribution in [0, 0.1) is 5.92 Å². The second kappa shape index (κ2) is 17.0. The third kappa shape index (κ3) is 19.2. The van der Waals surface area contributed by atoms with E-state index in [-0.39, 0.29) is 48.7 Å². The summed E-state index contributed by atoms with van der Waals surface area (Å²) in [6, 6.07) is 0. The minimum Gasteiger partial charge on any atom is -0.756 e. The van der Waals surface area contributed by atoms with Gasteiger partial charge >= 0.3 is 29.6 Å². The van der Waals surface area contributed by atoms with E-state index < -0.39 is 7.82 Å². The van der Waals surface area contributed by atoms with E-state index in [1.807, 2.05) is 13.8 Å². The van der Waals surface area contributed by atoms with E-state index in [4.69, 9.17) is 9.05 Å². The number of rotatable bonds is 15. The zero-order valence-electron chi connectivity index (χ0n) is 15.1. The molecule has 0 aliphatic carbocycles. The van der Waals surface area contributed by atoms with Crippen LogP contribution in [-0.4, -0.2) is 13.2 Å². The van der Waals surface area contributed by atoms with Gasteiger partial charge < -0.3 is 13.9 Å². The molecule has 0 bridgehead atoms. The van der Waals surface area contributed by atoms with Crippen molar-refractivity contribution in [1.82, 2.24) is 0 Å². The molecule has 0 aromatic rings. The molecule has 0 amide bonds. The van der Waals surface area contributed by atoms with Gasteiger partial charge in [-0.15, -0.1) is 0 Å². The van der Waals surface area contributed by atoms with E-state index in [1.165, 1.54) is 44.9 Å². The Bertz CT molecular complexity index is 275. The number of phosphoric acid groups is 1. The first-order valence-corrected chi connectivity index (χ1v) is 10.0. The predicted molar refractivity (Wildman–Crippen MR) is 86.2 cm³/mol. The SMILES string of the molecule is CCCCCCCCCCCCOP(=O)([O-])OCC(C)C.[Na+]. The van der Waals surface area contributed by atoms with Gasteiger partial charge in [0, 0.05) is 0 Å². The third-order valence-corrected chi connectivity index (χ3v) is 4.28. The first-order valence-electron chi connectivity index (χ1n) is 8.58. The molecule has 1 unspecified atom stereocenters. The number of unbranched alkanes of at least 4 members (excludes halogenated alkanes) is 9. The Morgan fingerprint density at radius 1 is 0.864 bits per heavy atom. The standard InChI is InChI=1S/C16H35O4P.Na/c1-4-5-6-7-8-9-10-11-12-13-14-19-21(17,18)20-15-16(2)3;/h16H,4-15H2,1-3H3,(H,17,18);/q;+1/p-1. The number of hydrogen-bond donors (Lipinski definition) is 0. The predicted octanol–water partition coefficient (Wildman–Crippen LogP) is 2.07. The average Bonchev–Trinajstić information content (AvgIpc) is 2.43. The molecule has 0 saturated heterocycles. The molecule has 0 saturated carbocycles. The molecule has 0 radical (unpaired) electrons. The molecule has 0 aromatic heterocycles. The summed E-state index contributed by atoms with van der Waals surface area (Å²) in [4.78, 5) is 11.4. The van der Waals surface area contributed by atoms with Crippen LogP contribution in [0.5, 0.6) is 0 Å². The molecule has 0 aliphatic heterocycles. The fraction of sp³-hybridized carbons (Fsp3) is 1.00. The van der Waals surface area contributed by atoms with Crippen molar-refractivity contribution in [3.8, 4) is 0 Å². The van der Waals surface area contributed by atoms with Gasteiger partial charge in [0.1, 0.15) is 0 Å². The van der Waals surface area contributed by atoms with Gasteiger partial charge in [-0.2, -0.15) is 0 Å². The van der Waals surface area contributed by atoms with Crippen LogP contribution in [0.15, 0.2) is 0 Å². The molecule has 0 N–H and O–H groups in total. The van der Waals surface area contributed by atoms with Crippen molar-refractivity contribution in [3.63, 3.8) is 0 Å². The van der Waals surface area contributed by atoms with Gasteiger partial charge in [-0.25, -0.2) is 0 Å². The van der Waals surface area contributed by atoms with Crippen LogP contribution in [0.4, 0.5) is 0 Å². The molecular weight excluding hydrogens is 310 g/mol. The summed E-state index contributed by atoms with van der Waals surface area (Å²) in [5.74, 6) is 0.188. The van der Waals surface area contributed by atoms with Crippen LogP contribution >= 0.6 is 7.82 Å². The zero-order valence-corrected chi connectivity index (χ0v) is 18.0. The summed E-state index contributed by atoms with van der Waals surface area (Å²) in [6.07, 6.45) is 12.2. The van der Waals surface area contributed by atoms with Crippen LogP contribution in [0.3, 0.4) is 0 Å². The summed E-state index contributed by atoms with van der Waals surface area (Å²) in [5.41, 5.74) is 0. The van der Waals surface area contributed by atoms with Crippen molar-refractivity contribution < 1.29 is 48.1 Å². The normalized spacial score (nSPS) is 13.9. The van der Waals surface area contributed by atoms with Gasteiger partial charge in [0.2, 0.25) is 0 Å². The fourth-order valence-corrected chi connectivity index (χ4v) is 2.95. The van der Waals surface area contributed by atoms with E-state index in [2.05, 4.69) is 6.92 Å². The fourth-order valence-electron chi connectivity index (χ4n) is 2.04. The Morgan fingerprint density at radius 2 is 1.32 bits per heavy atom. The molecule has 6 heteroatoms. The first kappa shape index (κ1) is 25.4. The molecule has 0 rings (SSSR count). The number of phosphoric ester groups is 1. The smallest absolute Gasteiger partial charge is 0.756 e.